The zero-order valence-electron chi connectivity index (χ0n) is 12.9. The number of hydrogen-bond acceptors (Lipinski definition) is 4. The molecule has 2 aromatic rings. The minimum absolute atomic E-state index is 0.330. The van der Waals surface area contributed by atoms with Gasteiger partial charge in [0.1, 0.15) is 18.0 Å². The molecule has 1 aliphatic rings. The Morgan fingerprint density at radius 3 is 2.82 bits per heavy atom. The molecular formula is C18H22N2O2. The van der Waals surface area contributed by atoms with Crippen LogP contribution in [-0.2, 0) is 6.54 Å². The highest BCUT2D eigenvalue weighted by atomic mass is 16.5. The van der Waals surface area contributed by atoms with Crippen molar-refractivity contribution in [1.82, 2.24) is 9.88 Å². The van der Waals surface area contributed by atoms with Crippen LogP contribution in [-0.4, -0.2) is 40.3 Å². The van der Waals surface area contributed by atoms with E-state index in [2.05, 4.69) is 9.88 Å². The predicted molar refractivity (Wildman–Crippen MR) is 85.8 cm³/mol. The second-order valence-electron chi connectivity index (χ2n) is 6.06. The molecule has 0 bridgehead atoms. The van der Waals surface area contributed by atoms with E-state index in [1.165, 1.54) is 0 Å². The lowest BCUT2D eigenvalue weighted by molar-refractivity contribution is 0.00312. The van der Waals surface area contributed by atoms with Crippen LogP contribution in [0.2, 0.25) is 0 Å². The average molecular weight is 298 g/mol. The molecule has 3 rings (SSSR count). The van der Waals surface area contributed by atoms with Gasteiger partial charge in [-0.2, -0.15) is 0 Å². The number of aliphatic hydroxyl groups is 1. The van der Waals surface area contributed by atoms with Crippen molar-refractivity contribution in [2.45, 2.75) is 25.5 Å². The van der Waals surface area contributed by atoms with E-state index >= 15 is 0 Å². The molecule has 22 heavy (non-hydrogen) atoms. The van der Waals surface area contributed by atoms with Crippen molar-refractivity contribution in [3.05, 3.63) is 59.9 Å². The highest BCUT2D eigenvalue weighted by Gasteiger charge is 2.37. The summed E-state index contributed by atoms with van der Waals surface area (Å²) in [6, 6.07) is 13.8. The summed E-state index contributed by atoms with van der Waals surface area (Å²) in [6.07, 6.45) is 2.53. The summed E-state index contributed by atoms with van der Waals surface area (Å²) in [4.78, 5) is 6.57. The van der Waals surface area contributed by atoms with E-state index in [-0.39, 0.29) is 0 Å². The van der Waals surface area contributed by atoms with Crippen molar-refractivity contribution < 1.29 is 9.84 Å². The summed E-state index contributed by atoms with van der Waals surface area (Å²) in [5, 5.41) is 10.7. The van der Waals surface area contributed by atoms with Gasteiger partial charge in [0.2, 0.25) is 0 Å². The normalized spacial score (nSPS) is 21.9. The third-order valence-electron chi connectivity index (χ3n) is 4.11. The third-order valence-corrected chi connectivity index (χ3v) is 4.11. The molecule has 1 aromatic carbocycles. The standard InChI is InChI=1S/C18H22N2O2/c1-15-6-2-3-8-17(15)22-14-18(21)9-11-20(13-18)12-16-7-4-5-10-19-16/h2-8,10,21H,9,11-14H2,1H3/t18-/m0/s1. The molecule has 1 fully saturated rings. The fourth-order valence-corrected chi connectivity index (χ4v) is 2.84. The molecular weight excluding hydrogens is 276 g/mol. The molecule has 4 nitrogen and oxygen atoms in total. The zero-order valence-corrected chi connectivity index (χ0v) is 12.9. The van der Waals surface area contributed by atoms with Crippen molar-refractivity contribution in [1.29, 1.82) is 0 Å². The number of ether oxygens (including phenoxy) is 1. The van der Waals surface area contributed by atoms with Crippen molar-refractivity contribution in [3.8, 4) is 5.75 Å². The first-order chi connectivity index (χ1) is 10.6. The number of nitrogens with zero attached hydrogens (tertiary/aromatic N) is 2. The topological polar surface area (TPSA) is 45.6 Å². The summed E-state index contributed by atoms with van der Waals surface area (Å²) >= 11 is 0. The van der Waals surface area contributed by atoms with Gasteiger partial charge in [-0.15, -0.1) is 0 Å². The number of likely N-dealkylation sites (tertiary alicyclic amines) is 1. The summed E-state index contributed by atoms with van der Waals surface area (Å²) in [6.45, 7) is 4.60. The van der Waals surface area contributed by atoms with Crippen LogP contribution in [0.25, 0.3) is 0 Å². The van der Waals surface area contributed by atoms with Gasteiger partial charge in [0.05, 0.1) is 5.69 Å². The van der Waals surface area contributed by atoms with E-state index in [9.17, 15) is 5.11 Å². The van der Waals surface area contributed by atoms with E-state index in [1.54, 1.807) is 6.20 Å². The van der Waals surface area contributed by atoms with Crippen LogP contribution < -0.4 is 4.74 Å². The van der Waals surface area contributed by atoms with Crippen molar-refractivity contribution >= 4 is 0 Å². The molecule has 0 amide bonds. The monoisotopic (exact) mass is 298 g/mol. The molecule has 0 spiro atoms. The molecule has 4 heteroatoms. The highest BCUT2D eigenvalue weighted by molar-refractivity contribution is 5.31. The van der Waals surface area contributed by atoms with Crippen LogP contribution in [0.3, 0.4) is 0 Å². The minimum Gasteiger partial charge on any atom is -0.490 e. The van der Waals surface area contributed by atoms with Crippen molar-refractivity contribution in [2.24, 2.45) is 0 Å². The lowest BCUT2D eigenvalue weighted by Gasteiger charge is -2.24. The van der Waals surface area contributed by atoms with Crippen molar-refractivity contribution in [2.75, 3.05) is 19.7 Å². The van der Waals surface area contributed by atoms with Gasteiger partial charge in [-0.3, -0.25) is 9.88 Å². The van der Waals surface area contributed by atoms with Crippen LogP contribution in [0.15, 0.2) is 48.7 Å². The summed E-state index contributed by atoms with van der Waals surface area (Å²) in [5.74, 6) is 0.846. The molecule has 116 valence electrons. The molecule has 1 aromatic heterocycles. The Bertz CT molecular complexity index is 617. The molecule has 1 atom stereocenters. The Hall–Kier alpha value is -1.91. The molecule has 2 heterocycles. The van der Waals surface area contributed by atoms with Gasteiger partial charge in [-0.25, -0.2) is 0 Å². The average Bonchev–Trinajstić information content (AvgIpc) is 2.89. The van der Waals surface area contributed by atoms with E-state index in [1.807, 2.05) is 49.4 Å². The smallest absolute Gasteiger partial charge is 0.122 e. The summed E-state index contributed by atoms with van der Waals surface area (Å²) in [5.41, 5.74) is 1.35. The van der Waals surface area contributed by atoms with Crippen LogP contribution in [0.1, 0.15) is 17.7 Å². The molecule has 0 saturated carbocycles. The summed E-state index contributed by atoms with van der Waals surface area (Å²) < 4.78 is 5.83. The summed E-state index contributed by atoms with van der Waals surface area (Å²) in [7, 11) is 0. The second kappa shape index (κ2) is 6.46. The fourth-order valence-electron chi connectivity index (χ4n) is 2.84. The third kappa shape index (κ3) is 3.64. The number of benzene rings is 1. The van der Waals surface area contributed by atoms with E-state index in [0.29, 0.717) is 13.2 Å². The Morgan fingerprint density at radius 1 is 1.23 bits per heavy atom. The van der Waals surface area contributed by atoms with E-state index in [0.717, 1.165) is 36.5 Å². The van der Waals surface area contributed by atoms with Gasteiger partial charge >= 0.3 is 0 Å². The molecule has 1 saturated heterocycles. The molecule has 0 radical (unpaired) electrons. The largest absolute Gasteiger partial charge is 0.490 e. The maximum absolute atomic E-state index is 10.7. The van der Waals surface area contributed by atoms with Crippen LogP contribution in [0, 0.1) is 6.92 Å². The number of aryl methyl sites for hydroxylation is 1. The van der Waals surface area contributed by atoms with Gasteiger partial charge in [0, 0.05) is 25.8 Å². The Labute approximate surface area is 131 Å². The molecule has 0 unspecified atom stereocenters. The lowest BCUT2D eigenvalue weighted by Crippen LogP contribution is -2.39. The van der Waals surface area contributed by atoms with Gasteiger partial charge < -0.3 is 9.84 Å². The van der Waals surface area contributed by atoms with Crippen LogP contribution >= 0.6 is 0 Å². The Kier molecular flexibility index (Phi) is 4.41. The highest BCUT2D eigenvalue weighted by Crippen LogP contribution is 2.25. The molecule has 1 N–H and O–H groups in total. The first-order valence-corrected chi connectivity index (χ1v) is 7.68. The first kappa shape index (κ1) is 15.0. The zero-order chi connectivity index (χ0) is 15.4. The van der Waals surface area contributed by atoms with Gasteiger partial charge in [-0.05, 0) is 37.1 Å². The maximum atomic E-state index is 10.7. The SMILES string of the molecule is Cc1ccccc1OC[C@]1(O)CCN(Cc2ccccn2)C1. The van der Waals surface area contributed by atoms with Gasteiger partial charge in [0.15, 0.2) is 0 Å². The maximum Gasteiger partial charge on any atom is 0.122 e. The van der Waals surface area contributed by atoms with Gasteiger partial charge in [0.25, 0.3) is 0 Å². The fraction of sp³-hybridized carbons (Fsp3) is 0.389. The lowest BCUT2D eigenvalue weighted by atomic mass is 10.1. The second-order valence-corrected chi connectivity index (χ2v) is 6.06. The van der Waals surface area contributed by atoms with Crippen molar-refractivity contribution in [3.63, 3.8) is 0 Å². The Balaban J connectivity index is 1.55. The van der Waals surface area contributed by atoms with E-state index < -0.39 is 5.60 Å². The first-order valence-electron chi connectivity index (χ1n) is 7.68. The number of pyridine rings is 1. The molecule has 0 aliphatic carbocycles. The number of rotatable bonds is 5. The number of β-amino-alcohol motifs (C(OH)–C–C–N with tert-alkyl or cyclic N) is 1. The van der Waals surface area contributed by atoms with Crippen LogP contribution in [0.4, 0.5) is 0 Å². The number of aromatic nitrogens is 1. The number of hydrogen-bond donors (Lipinski definition) is 1. The minimum atomic E-state index is -0.781. The van der Waals surface area contributed by atoms with E-state index in [4.69, 9.17) is 4.74 Å². The molecule has 1 aliphatic heterocycles. The van der Waals surface area contributed by atoms with Gasteiger partial charge in [-0.1, -0.05) is 24.3 Å². The number of para-hydroxylation sites is 1. The predicted octanol–water partition coefficient (Wildman–Crippen LogP) is 2.41. The Morgan fingerprint density at radius 2 is 2.05 bits per heavy atom. The quantitative estimate of drug-likeness (QED) is 0.921. The van der Waals surface area contributed by atoms with Crippen LogP contribution in [0.5, 0.6) is 5.75 Å².